The van der Waals surface area contributed by atoms with Crippen molar-refractivity contribution in [3.8, 4) is 0 Å². The number of anilines is 1. The Hall–Kier alpha value is -2.03. The largest absolute Gasteiger partial charge is 0.534 e. The molecule has 3 rings (SSSR count). The van der Waals surface area contributed by atoms with Crippen LogP contribution in [0.4, 0.5) is 18.9 Å². The maximum absolute atomic E-state index is 12.6. The number of carbonyl (C=O) groups excluding carboxylic acids is 1. The van der Waals surface area contributed by atoms with Gasteiger partial charge in [0.15, 0.2) is 5.78 Å². The second kappa shape index (κ2) is 5.23. The van der Waals surface area contributed by atoms with Gasteiger partial charge in [-0.1, -0.05) is 18.2 Å². The molecule has 0 aromatic heterocycles. The molecule has 0 bridgehead atoms. The van der Waals surface area contributed by atoms with Crippen LogP contribution in [0.2, 0.25) is 0 Å². The number of fused-ring (bicyclic) bond motifs is 2. The molecule has 5 nitrogen and oxygen atoms in total. The van der Waals surface area contributed by atoms with Crippen LogP contribution in [0.5, 0.6) is 0 Å². The minimum Gasteiger partial charge on any atom is -0.380 e. The van der Waals surface area contributed by atoms with Crippen LogP contribution in [0, 0.1) is 0 Å². The lowest BCUT2D eigenvalue weighted by Gasteiger charge is -2.31. The zero-order chi connectivity index (χ0) is 17.8. The zero-order valence-electron chi connectivity index (χ0n) is 12.6. The number of nitrogens with zero attached hydrogens (tertiary/aromatic N) is 1. The van der Waals surface area contributed by atoms with E-state index in [1.54, 1.807) is 6.07 Å². The number of likely N-dealkylation sites (N-methyl/N-ethyl adjacent to an activating group) is 1. The van der Waals surface area contributed by atoms with E-state index < -0.39 is 32.6 Å². The molecule has 9 heteroatoms. The summed E-state index contributed by atoms with van der Waals surface area (Å²) in [6.45, 7) is 0.390. The first-order chi connectivity index (χ1) is 11.1. The number of allylic oxidation sites excluding steroid dienone is 2. The molecule has 1 aromatic carbocycles. The molecule has 1 unspecified atom stereocenters. The molecule has 0 radical (unpaired) electrons. The van der Waals surface area contributed by atoms with Crippen molar-refractivity contribution < 1.29 is 30.6 Å². The van der Waals surface area contributed by atoms with Crippen LogP contribution in [0.25, 0.3) is 0 Å². The van der Waals surface area contributed by atoms with Gasteiger partial charge in [-0.25, -0.2) is 0 Å². The third kappa shape index (κ3) is 2.47. The summed E-state index contributed by atoms with van der Waals surface area (Å²) in [5, 5.41) is 0. The standard InChI is InChI=1S/C15H14F3NO4S/c1-19-9-14(11-4-2-3-5-12(11)19)7-6-10(8-13(14)20)23-24(21,22)15(16,17)18/h2-5,8H,6-7,9H2,1H3. The van der Waals surface area contributed by atoms with Crippen molar-refractivity contribution in [2.45, 2.75) is 23.8 Å². The molecule has 1 aliphatic heterocycles. The van der Waals surface area contributed by atoms with E-state index in [1.807, 2.05) is 30.1 Å². The highest BCUT2D eigenvalue weighted by molar-refractivity contribution is 7.87. The van der Waals surface area contributed by atoms with Crippen LogP contribution in [-0.4, -0.2) is 33.3 Å². The lowest BCUT2D eigenvalue weighted by Crippen LogP contribution is -2.41. The first kappa shape index (κ1) is 16.8. The van der Waals surface area contributed by atoms with Crippen molar-refractivity contribution in [2.75, 3.05) is 18.5 Å². The van der Waals surface area contributed by atoms with Gasteiger partial charge < -0.3 is 9.08 Å². The van der Waals surface area contributed by atoms with Crippen LogP contribution in [0.1, 0.15) is 18.4 Å². The average molecular weight is 361 g/mol. The lowest BCUT2D eigenvalue weighted by atomic mass is 9.72. The Kier molecular flexibility index (Phi) is 3.67. The Balaban J connectivity index is 1.92. The smallest absolute Gasteiger partial charge is 0.380 e. The van der Waals surface area contributed by atoms with Crippen LogP contribution in [0.3, 0.4) is 0 Å². The third-order valence-electron chi connectivity index (χ3n) is 4.40. The summed E-state index contributed by atoms with van der Waals surface area (Å²) in [4.78, 5) is 14.5. The number of alkyl halides is 3. The number of halogens is 3. The molecule has 0 N–H and O–H groups in total. The van der Waals surface area contributed by atoms with E-state index in [0.717, 1.165) is 17.3 Å². The van der Waals surface area contributed by atoms with Gasteiger partial charge in [0, 0.05) is 31.8 Å². The summed E-state index contributed by atoms with van der Waals surface area (Å²) in [5.41, 5.74) is -4.72. The Labute approximate surface area is 136 Å². The molecule has 1 aliphatic carbocycles. The number of ketones is 1. The Bertz CT molecular complexity index is 831. The average Bonchev–Trinajstić information content (AvgIpc) is 2.76. The van der Waals surface area contributed by atoms with Gasteiger partial charge in [0.2, 0.25) is 0 Å². The molecule has 1 spiro atoms. The van der Waals surface area contributed by atoms with Crippen LogP contribution < -0.4 is 4.90 Å². The third-order valence-corrected chi connectivity index (χ3v) is 5.40. The summed E-state index contributed by atoms with van der Waals surface area (Å²) in [7, 11) is -3.93. The molecular weight excluding hydrogens is 347 g/mol. The monoisotopic (exact) mass is 361 g/mol. The molecule has 0 amide bonds. The zero-order valence-corrected chi connectivity index (χ0v) is 13.4. The molecule has 24 heavy (non-hydrogen) atoms. The number of hydrogen-bond donors (Lipinski definition) is 0. The van der Waals surface area contributed by atoms with Gasteiger partial charge in [-0.3, -0.25) is 4.79 Å². The van der Waals surface area contributed by atoms with Gasteiger partial charge in [0.1, 0.15) is 5.76 Å². The Morgan fingerprint density at radius 3 is 2.54 bits per heavy atom. The maximum atomic E-state index is 12.6. The van der Waals surface area contributed by atoms with E-state index in [4.69, 9.17) is 0 Å². The van der Waals surface area contributed by atoms with Crippen molar-refractivity contribution in [3.05, 3.63) is 41.7 Å². The fraction of sp³-hybridized carbons (Fsp3) is 0.400. The highest BCUT2D eigenvalue weighted by atomic mass is 32.2. The fourth-order valence-electron chi connectivity index (χ4n) is 3.28. The van der Waals surface area contributed by atoms with Crippen molar-refractivity contribution in [1.29, 1.82) is 0 Å². The molecule has 1 aromatic rings. The van der Waals surface area contributed by atoms with Gasteiger partial charge in [-0.05, 0) is 18.1 Å². The van der Waals surface area contributed by atoms with Crippen molar-refractivity contribution in [2.24, 2.45) is 0 Å². The van der Waals surface area contributed by atoms with Gasteiger partial charge >= 0.3 is 15.6 Å². The molecular formula is C15H14F3NO4S. The number of rotatable bonds is 2. The molecule has 1 heterocycles. The van der Waals surface area contributed by atoms with Crippen molar-refractivity contribution >= 4 is 21.6 Å². The number of benzene rings is 1. The van der Waals surface area contributed by atoms with E-state index >= 15 is 0 Å². The topological polar surface area (TPSA) is 63.7 Å². The van der Waals surface area contributed by atoms with Gasteiger partial charge in [0.05, 0.1) is 5.41 Å². The second-order valence-electron chi connectivity index (χ2n) is 5.91. The molecule has 130 valence electrons. The predicted octanol–water partition coefficient (Wildman–Crippen LogP) is 2.49. The minimum absolute atomic E-state index is 0.0662. The Morgan fingerprint density at radius 1 is 1.25 bits per heavy atom. The van der Waals surface area contributed by atoms with Crippen LogP contribution in [0.15, 0.2) is 36.1 Å². The van der Waals surface area contributed by atoms with Crippen LogP contribution >= 0.6 is 0 Å². The molecule has 0 saturated heterocycles. The Morgan fingerprint density at radius 2 is 1.92 bits per heavy atom. The van der Waals surface area contributed by atoms with Gasteiger partial charge in [-0.15, -0.1) is 0 Å². The summed E-state index contributed by atoms with van der Waals surface area (Å²) in [6, 6.07) is 7.29. The van der Waals surface area contributed by atoms with Crippen molar-refractivity contribution in [3.63, 3.8) is 0 Å². The highest BCUT2D eigenvalue weighted by Gasteiger charge is 2.51. The number of para-hydroxylation sites is 1. The van der Waals surface area contributed by atoms with E-state index in [2.05, 4.69) is 4.18 Å². The van der Waals surface area contributed by atoms with Crippen molar-refractivity contribution in [1.82, 2.24) is 0 Å². The normalized spacial score (nSPS) is 24.1. The van der Waals surface area contributed by atoms with E-state index in [9.17, 15) is 26.4 Å². The number of carbonyl (C=O) groups is 1. The first-order valence-corrected chi connectivity index (χ1v) is 8.54. The molecule has 0 saturated carbocycles. The van der Waals surface area contributed by atoms with Gasteiger partial charge in [-0.2, -0.15) is 21.6 Å². The van der Waals surface area contributed by atoms with Gasteiger partial charge in [0.25, 0.3) is 0 Å². The summed E-state index contributed by atoms with van der Waals surface area (Å²) < 4.78 is 63.5. The second-order valence-corrected chi connectivity index (χ2v) is 7.45. The van der Waals surface area contributed by atoms with E-state index in [1.165, 1.54) is 0 Å². The van der Waals surface area contributed by atoms with E-state index in [-0.39, 0.29) is 12.8 Å². The molecule has 2 aliphatic rings. The quantitative estimate of drug-likeness (QED) is 0.598. The van der Waals surface area contributed by atoms with Crippen LogP contribution in [-0.2, 0) is 24.5 Å². The predicted molar refractivity (Wildman–Crippen MR) is 79.8 cm³/mol. The fourth-order valence-corrected chi connectivity index (χ4v) is 3.79. The maximum Gasteiger partial charge on any atom is 0.534 e. The number of hydrogen-bond acceptors (Lipinski definition) is 5. The highest BCUT2D eigenvalue weighted by Crippen LogP contribution is 2.46. The molecule has 1 atom stereocenters. The summed E-state index contributed by atoms with van der Waals surface area (Å²) >= 11 is 0. The SMILES string of the molecule is CN1CC2(CCC(OS(=O)(=O)C(F)(F)F)=CC2=O)c2ccccc21. The molecule has 0 fully saturated rings. The summed E-state index contributed by atoms with van der Waals surface area (Å²) in [6.07, 6.45) is 0.998. The summed E-state index contributed by atoms with van der Waals surface area (Å²) in [5.74, 6) is -0.923. The lowest BCUT2D eigenvalue weighted by molar-refractivity contribution is -0.120. The first-order valence-electron chi connectivity index (χ1n) is 7.13. The minimum atomic E-state index is -5.76. The van der Waals surface area contributed by atoms with E-state index in [0.29, 0.717) is 6.54 Å².